The lowest BCUT2D eigenvalue weighted by Crippen LogP contribution is -2.35. The average molecular weight is 164 g/mol. The van der Waals surface area contributed by atoms with Crippen molar-refractivity contribution >= 4 is 0 Å². The van der Waals surface area contributed by atoms with E-state index >= 15 is 0 Å². The van der Waals surface area contributed by atoms with Crippen LogP contribution in [0.5, 0.6) is 0 Å². The number of allylic oxidation sites excluding steroid dienone is 2. The molecule has 0 aromatic heterocycles. The highest BCUT2D eigenvalue weighted by Gasteiger charge is 2.42. The maximum Gasteiger partial charge on any atom is 0.0978 e. The van der Waals surface area contributed by atoms with Crippen molar-refractivity contribution in [1.29, 1.82) is 0 Å². The molecule has 4 bridgehead atoms. The fraction of sp³-hybridized carbons (Fsp3) is 0.818. The smallest absolute Gasteiger partial charge is 0.0978 e. The molecule has 1 heteroatoms. The van der Waals surface area contributed by atoms with Crippen molar-refractivity contribution in [2.45, 2.75) is 32.1 Å². The van der Waals surface area contributed by atoms with Gasteiger partial charge in [0.25, 0.3) is 0 Å². The summed E-state index contributed by atoms with van der Waals surface area (Å²) in [5, 5.41) is 0. The molecule has 12 heavy (non-hydrogen) atoms. The summed E-state index contributed by atoms with van der Waals surface area (Å²) in [6, 6.07) is 0. The van der Waals surface area contributed by atoms with Crippen molar-refractivity contribution in [3.05, 3.63) is 11.3 Å². The van der Waals surface area contributed by atoms with Crippen LogP contribution in [0.4, 0.5) is 0 Å². The van der Waals surface area contributed by atoms with Gasteiger partial charge in [0.1, 0.15) is 0 Å². The minimum Gasteiger partial charge on any atom is -0.501 e. The van der Waals surface area contributed by atoms with E-state index in [1.807, 2.05) is 7.11 Å². The fourth-order valence-electron chi connectivity index (χ4n) is 3.69. The van der Waals surface area contributed by atoms with E-state index in [1.165, 1.54) is 37.9 Å². The Hall–Kier alpha value is -0.460. The zero-order valence-corrected chi connectivity index (χ0v) is 7.68. The number of hydrogen-bond acceptors (Lipinski definition) is 1. The molecule has 0 radical (unpaired) electrons. The standard InChI is InChI=1S/C11H16O/c1-12-11-9-3-7-2-8(5-9)6-10(11)4-7/h7-9H,2-6H2,1H3. The van der Waals surface area contributed by atoms with Crippen molar-refractivity contribution in [1.82, 2.24) is 0 Å². The highest BCUT2D eigenvalue weighted by Crippen LogP contribution is 2.53. The number of hydrogen-bond donors (Lipinski definition) is 0. The molecular formula is C11H16O. The Morgan fingerprint density at radius 3 is 2.25 bits per heavy atom. The summed E-state index contributed by atoms with van der Waals surface area (Å²) in [5.74, 6) is 4.24. The number of methoxy groups -OCH3 is 1. The van der Waals surface area contributed by atoms with Gasteiger partial charge in [-0.2, -0.15) is 0 Å². The lowest BCUT2D eigenvalue weighted by molar-refractivity contribution is 0.0941. The third-order valence-electron chi connectivity index (χ3n) is 3.91. The van der Waals surface area contributed by atoms with E-state index < -0.39 is 0 Å². The molecule has 2 atom stereocenters. The van der Waals surface area contributed by atoms with Crippen molar-refractivity contribution < 1.29 is 4.74 Å². The second-order valence-electron chi connectivity index (χ2n) is 4.72. The molecule has 0 amide bonds. The predicted octanol–water partition coefficient (Wildman–Crippen LogP) is 2.73. The summed E-state index contributed by atoms with van der Waals surface area (Å²) in [7, 11) is 1.85. The van der Waals surface area contributed by atoms with Gasteiger partial charge in [-0.1, -0.05) is 0 Å². The minimum absolute atomic E-state index is 0.816. The molecule has 4 aliphatic carbocycles. The van der Waals surface area contributed by atoms with E-state index in [4.69, 9.17) is 4.74 Å². The monoisotopic (exact) mass is 164 g/mol. The van der Waals surface area contributed by atoms with Crippen LogP contribution in [0.1, 0.15) is 32.1 Å². The summed E-state index contributed by atoms with van der Waals surface area (Å²) in [6.07, 6.45) is 7.07. The molecule has 2 unspecified atom stereocenters. The third-order valence-corrected chi connectivity index (χ3v) is 3.91. The highest BCUT2D eigenvalue weighted by molar-refractivity contribution is 5.23. The Morgan fingerprint density at radius 2 is 1.75 bits per heavy atom. The molecular weight excluding hydrogens is 148 g/mol. The molecule has 0 aromatic rings. The molecule has 66 valence electrons. The van der Waals surface area contributed by atoms with E-state index in [-0.39, 0.29) is 0 Å². The Morgan fingerprint density at radius 1 is 1.08 bits per heavy atom. The first-order chi connectivity index (χ1) is 5.86. The van der Waals surface area contributed by atoms with Crippen LogP contribution in [-0.4, -0.2) is 7.11 Å². The van der Waals surface area contributed by atoms with Crippen LogP contribution >= 0.6 is 0 Å². The predicted molar refractivity (Wildman–Crippen MR) is 47.6 cm³/mol. The molecule has 1 nitrogen and oxygen atoms in total. The van der Waals surface area contributed by atoms with Crippen molar-refractivity contribution in [2.75, 3.05) is 7.11 Å². The van der Waals surface area contributed by atoms with E-state index in [2.05, 4.69) is 0 Å². The van der Waals surface area contributed by atoms with Gasteiger partial charge in [-0.3, -0.25) is 0 Å². The van der Waals surface area contributed by atoms with Crippen LogP contribution in [-0.2, 0) is 4.74 Å². The normalized spacial score (nSPS) is 43.9. The summed E-state index contributed by atoms with van der Waals surface area (Å²) in [6.45, 7) is 0. The van der Waals surface area contributed by atoms with Crippen molar-refractivity contribution in [3.63, 3.8) is 0 Å². The summed E-state index contributed by atoms with van der Waals surface area (Å²) in [5.41, 5.74) is 1.67. The van der Waals surface area contributed by atoms with Crippen LogP contribution in [0.15, 0.2) is 11.3 Å². The van der Waals surface area contributed by atoms with Crippen LogP contribution in [0.25, 0.3) is 0 Å². The first-order valence-electron chi connectivity index (χ1n) is 5.12. The van der Waals surface area contributed by atoms with Gasteiger partial charge in [0.05, 0.1) is 12.9 Å². The van der Waals surface area contributed by atoms with Gasteiger partial charge in [0, 0.05) is 5.92 Å². The molecule has 0 spiro atoms. The lowest BCUT2D eigenvalue weighted by Gasteiger charge is -2.46. The Labute approximate surface area is 73.8 Å². The molecule has 0 N–H and O–H groups in total. The first-order valence-corrected chi connectivity index (χ1v) is 5.12. The SMILES string of the molecule is COC1=C2CC3CC(C2)CC1C3. The Bertz CT molecular complexity index is 225. The topological polar surface area (TPSA) is 9.23 Å². The molecule has 4 rings (SSSR count). The summed E-state index contributed by atoms with van der Waals surface area (Å²) in [4.78, 5) is 0. The van der Waals surface area contributed by atoms with E-state index in [0.717, 1.165) is 17.8 Å². The van der Waals surface area contributed by atoms with Crippen LogP contribution in [0.3, 0.4) is 0 Å². The minimum atomic E-state index is 0.816. The quantitative estimate of drug-likeness (QED) is 0.579. The average Bonchev–Trinajstić information content (AvgIpc) is 2.02. The maximum atomic E-state index is 5.51. The molecule has 0 saturated heterocycles. The fourth-order valence-corrected chi connectivity index (χ4v) is 3.69. The molecule has 2 fully saturated rings. The number of rotatable bonds is 1. The highest BCUT2D eigenvalue weighted by atomic mass is 16.5. The first kappa shape index (κ1) is 6.99. The van der Waals surface area contributed by atoms with E-state index in [1.54, 1.807) is 5.57 Å². The zero-order chi connectivity index (χ0) is 8.13. The maximum absolute atomic E-state index is 5.51. The van der Waals surface area contributed by atoms with Gasteiger partial charge in [0.15, 0.2) is 0 Å². The molecule has 0 heterocycles. The van der Waals surface area contributed by atoms with Crippen LogP contribution < -0.4 is 0 Å². The van der Waals surface area contributed by atoms with Gasteiger partial charge >= 0.3 is 0 Å². The van der Waals surface area contributed by atoms with Crippen molar-refractivity contribution in [3.8, 4) is 0 Å². The molecule has 2 saturated carbocycles. The van der Waals surface area contributed by atoms with Gasteiger partial charge in [-0.05, 0) is 49.5 Å². The van der Waals surface area contributed by atoms with Crippen LogP contribution in [0, 0.1) is 17.8 Å². The summed E-state index contributed by atoms with van der Waals surface area (Å²) >= 11 is 0. The summed E-state index contributed by atoms with van der Waals surface area (Å²) < 4.78 is 5.51. The Balaban J connectivity index is 2.02. The second kappa shape index (κ2) is 2.27. The van der Waals surface area contributed by atoms with Crippen molar-refractivity contribution in [2.24, 2.45) is 17.8 Å². The van der Waals surface area contributed by atoms with Gasteiger partial charge in [-0.15, -0.1) is 0 Å². The zero-order valence-electron chi connectivity index (χ0n) is 7.68. The van der Waals surface area contributed by atoms with Crippen LogP contribution in [0.2, 0.25) is 0 Å². The van der Waals surface area contributed by atoms with E-state index in [0.29, 0.717) is 0 Å². The Kier molecular flexibility index (Phi) is 1.32. The van der Waals surface area contributed by atoms with Gasteiger partial charge in [-0.25, -0.2) is 0 Å². The molecule has 4 aliphatic rings. The van der Waals surface area contributed by atoms with Gasteiger partial charge < -0.3 is 4.74 Å². The largest absolute Gasteiger partial charge is 0.501 e. The third kappa shape index (κ3) is 0.797. The molecule has 0 aliphatic heterocycles. The van der Waals surface area contributed by atoms with Gasteiger partial charge in [0.2, 0.25) is 0 Å². The second-order valence-corrected chi connectivity index (χ2v) is 4.72. The lowest BCUT2D eigenvalue weighted by atomic mass is 9.60. The molecule has 0 aromatic carbocycles. The number of ether oxygens (including phenoxy) is 1. The van der Waals surface area contributed by atoms with E-state index in [9.17, 15) is 0 Å².